The minimum atomic E-state index is -0.128. The fourth-order valence-electron chi connectivity index (χ4n) is 2.75. The van der Waals surface area contributed by atoms with Crippen molar-refractivity contribution < 1.29 is 13.9 Å². The maximum atomic E-state index is 14.1. The Morgan fingerprint density at radius 3 is 2.68 bits per heavy atom. The molecule has 0 amide bonds. The normalized spacial score (nSPS) is 15.9. The molecular formula is C19H30FN3O2. The summed E-state index contributed by atoms with van der Waals surface area (Å²) in [7, 11) is 1.66. The number of aliphatic imine (C=N–C) groups is 1. The summed E-state index contributed by atoms with van der Waals surface area (Å²) in [6.45, 7) is 6.15. The number of ether oxygens (including phenoxy) is 2. The third-order valence-electron chi connectivity index (χ3n) is 4.37. The number of benzene rings is 1. The van der Waals surface area contributed by atoms with Crippen molar-refractivity contribution in [1.82, 2.24) is 10.6 Å². The van der Waals surface area contributed by atoms with Crippen molar-refractivity contribution in [3.8, 4) is 0 Å². The second kappa shape index (κ2) is 10.4. The van der Waals surface area contributed by atoms with Crippen LogP contribution in [0.15, 0.2) is 29.3 Å². The second-order valence-corrected chi connectivity index (χ2v) is 6.34. The average Bonchev–Trinajstić information content (AvgIpc) is 3.40. The molecule has 25 heavy (non-hydrogen) atoms. The van der Waals surface area contributed by atoms with Gasteiger partial charge in [0, 0.05) is 32.2 Å². The number of nitrogens with one attached hydrogen (secondary N) is 2. The SMILES string of the molecule is CCNC(=NCC1(c2ccccc2F)CC1)NCCCOCCOC. The summed E-state index contributed by atoms with van der Waals surface area (Å²) in [5.74, 6) is 0.656. The summed E-state index contributed by atoms with van der Waals surface area (Å²) in [4.78, 5) is 4.68. The van der Waals surface area contributed by atoms with E-state index in [2.05, 4.69) is 15.6 Å². The zero-order chi connectivity index (χ0) is 18.0. The molecule has 1 aliphatic carbocycles. The van der Waals surface area contributed by atoms with E-state index in [0.29, 0.717) is 26.4 Å². The monoisotopic (exact) mass is 351 g/mol. The average molecular weight is 351 g/mol. The summed E-state index contributed by atoms with van der Waals surface area (Å²) in [5.41, 5.74) is 0.665. The Kier molecular flexibility index (Phi) is 8.15. The van der Waals surface area contributed by atoms with E-state index in [1.807, 2.05) is 19.1 Å². The lowest BCUT2D eigenvalue weighted by molar-refractivity contribution is 0.0698. The standard InChI is InChI=1S/C19H30FN3O2/c1-3-21-18(22-11-6-12-25-14-13-24-2)23-15-19(9-10-19)16-7-4-5-8-17(16)20/h4-5,7-8H,3,6,9-15H2,1-2H3,(H2,21,22,23). The summed E-state index contributed by atoms with van der Waals surface area (Å²) in [6.07, 6.45) is 2.88. The van der Waals surface area contributed by atoms with Crippen LogP contribution in [0.25, 0.3) is 0 Å². The van der Waals surface area contributed by atoms with Crippen molar-refractivity contribution in [2.75, 3.05) is 46.6 Å². The molecule has 1 aliphatic rings. The number of methoxy groups -OCH3 is 1. The number of nitrogens with zero attached hydrogens (tertiary/aromatic N) is 1. The Bertz CT molecular complexity index is 547. The lowest BCUT2D eigenvalue weighted by Gasteiger charge is -2.16. The zero-order valence-corrected chi connectivity index (χ0v) is 15.3. The molecular weight excluding hydrogens is 321 g/mol. The van der Waals surface area contributed by atoms with Crippen LogP contribution >= 0.6 is 0 Å². The van der Waals surface area contributed by atoms with Gasteiger partial charge in [-0.15, -0.1) is 0 Å². The van der Waals surface area contributed by atoms with Gasteiger partial charge in [-0.2, -0.15) is 0 Å². The highest BCUT2D eigenvalue weighted by Gasteiger charge is 2.45. The first-order valence-electron chi connectivity index (χ1n) is 9.06. The lowest BCUT2D eigenvalue weighted by Crippen LogP contribution is -2.38. The van der Waals surface area contributed by atoms with E-state index in [-0.39, 0.29) is 11.2 Å². The molecule has 2 rings (SSSR count). The molecule has 1 aromatic carbocycles. The highest BCUT2D eigenvalue weighted by atomic mass is 19.1. The maximum Gasteiger partial charge on any atom is 0.191 e. The second-order valence-electron chi connectivity index (χ2n) is 6.34. The number of hydrogen-bond donors (Lipinski definition) is 2. The van der Waals surface area contributed by atoms with Gasteiger partial charge in [0.25, 0.3) is 0 Å². The molecule has 1 saturated carbocycles. The molecule has 0 aromatic heterocycles. The number of halogens is 1. The number of rotatable bonds is 11. The quantitative estimate of drug-likeness (QED) is 0.365. The zero-order valence-electron chi connectivity index (χ0n) is 15.3. The van der Waals surface area contributed by atoms with Crippen LogP contribution in [0.4, 0.5) is 4.39 Å². The van der Waals surface area contributed by atoms with Gasteiger partial charge < -0.3 is 20.1 Å². The Hall–Kier alpha value is -1.66. The first-order chi connectivity index (χ1) is 12.2. The van der Waals surface area contributed by atoms with Gasteiger partial charge in [-0.3, -0.25) is 4.99 Å². The third kappa shape index (κ3) is 6.29. The summed E-state index contributed by atoms with van der Waals surface area (Å²) < 4.78 is 24.5. The van der Waals surface area contributed by atoms with E-state index < -0.39 is 0 Å². The predicted octanol–water partition coefficient (Wildman–Crippen LogP) is 2.47. The fourth-order valence-corrected chi connectivity index (χ4v) is 2.75. The van der Waals surface area contributed by atoms with Crippen LogP contribution in [-0.2, 0) is 14.9 Å². The molecule has 5 nitrogen and oxygen atoms in total. The van der Waals surface area contributed by atoms with Crippen molar-refractivity contribution in [3.05, 3.63) is 35.6 Å². The lowest BCUT2D eigenvalue weighted by atomic mass is 9.95. The van der Waals surface area contributed by atoms with Gasteiger partial charge in [0.1, 0.15) is 5.82 Å². The minimum absolute atomic E-state index is 0.124. The van der Waals surface area contributed by atoms with E-state index in [0.717, 1.165) is 43.9 Å². The highest BCUT2D eigenvalue weighted by molar-refractivity contribution is 5.79. The van der Waals surface area contributed by atoms with Crippen molar-refractivity contribution >= 4 is 5.96 Å². The van der Waals surface area contributed by atoms with Gasteiger partial charge in [-0.1, -0.05) is 18.2 Å². The van der Waals surface area contributed by atoms with E-state index in [4.69, 9.17) is 9.47 Å². The molecule has 140 valence electrons. The molecule has 0 unspecified atom stereocenters. The van der Waals surface area contributed by atoms with Crippen molar-refractivity contribution in [2.24, 2.45) is 4.99 Å². The summed E-state index contributed by atoms with van der Waals surface area (Å²) in [6, 6.07) is 7.05. The highest BCUT2D eigenvalue weighted by Crippen LogP contribution is 2.49. The Balaban J connectivity index is 1.80. The van der Waals surface area contributed by atoms with E-state index in [1.54, 1.807) is 13.2 Å². The molecule has 2 N–H and O–H groups in total. The van der Waals surface area contributed by atoms with E-state index in [1.165, 1.54) is 6.07 Å². The van der Waals surface area contributed by atoms with Gasteiger partial charge in [-0.25, -0.2) is 4.39 Å². The molecule has 0 spiro atoms. The molecule has 0 bridgehead atoms. The largest absolute Gasteiger partial charge is 0.382 e. The van der Waals surface area contributed by atoms with Crippen LogP contribution in [0.2, 0.25) is 0 Å². The van der Waals surface area contributed by atoms with Crippen LogP contribution in [-0.4, -0.2) is 52.5 Å². The van der Waals surface area contributed by atoms with Crippen molar-refractivity contribution in [3.63, 3.8) is 0 Å². The topological polar surface area (TPSA) is 54.9 Å². The van der Waals surface area contributed by atoms with Gasteiger partial charge in [-0.05, 0) is 37.8 Å². The molecule has 0 atom stereocenters. The summed E-state index contributed by atoms with van der Waals surface area (Å²) in [5, 5.41) is 6.56. The van der Waals surface area contributed by atoms with Gasteiger partial charge >= 0.3 is 0 Å². The Morgan fingerprint density at radius 1 is 1.20 bits per heavy atom. The smallest absolute Gasteiger partial charge is 0.191 e. The van der Waals surface area contributed by atoms with Gasteiger partial charge in [0.2, 0.25) is 0 Å². The third-order valence-corrected chi connectivity index (χ3v) is 4.37. The fraction of sp³-hybridized carbons (Fsp3) is 0.632. The van der Waals surface area contributed by atoms with Crippen LogP contribution in [0.3, 0.4) is 0 Å². The van der Waals surface area contributed by atoms with Crippen LogP contribution in [0, 0.1) is 5.82 Å². The molecule has 0 radical (unpaired) electrons. The maximum absolute atomic E-state index is 14.1. The van der Waals surface area contributed by atoms with Crippen LogP contribution in [0.1, 0.15) is 31.7 Å². The van der Waals surface area contributed by atoms with Crippen molar-refractivity contribution in [1.29, 1.82) is 0 Å². The van der Waals surface area contributed by atoms with Crippen LogP contribution in [0.5, 0.6) is 0 Å². The number of hydrogen-bond acceptors (Lipinski definition) is 3. The molecule has 0 heterocycles. The molecule has 6 heteroatoms. The van der Waals surface area contributed by atoms with Crippen LogP contribution < -0.4 is 10.6 Å². The molecule has 0 aliphatic heterocycles. The van der Waals surface area contributed by atoms with E-state index >= 15 is 0 Å². The van der Waals surface area contributed by atoms with Gasteiger partial charge in [0.05, 0.1) is 19.8 Å². The Labute approximate surface area is 150 Å². The number of guanidine groups is 1. The van der Waals surface area contributed by atoms with Crippen molar-refractivity contribution in [2.45, 2.75) is 31.6 Å². The van der Waals surface area contributed by atoms with Gasteiger partial charge in [0.15, 0.2) is 5.96 Å². The first-order valence-corrected chi connectivity index (χ1v) is 9.06. The first kappa shape index (κ1) is 19.7. The molecule has 1 fully saturated rings. The molecule has 1 aromatic rings. The predicted molar refractivity (Wildman–Crippen MR) is 98.6 cm³/mol. The molecule has 0 saturated heterocycles. The minimum Gasteiger partial charge on any atom is -0.382 e. The Morgan fingerprint density at radius 2 is 2.00 bits per heavy atom. The summed E-state index contributed by atoms with van der Waals surface area (Å²) >= 11 is 0. The van der Waals surface area contributed by atoms with E-state index in [9.17, 15) is 4.39 Å².